The van der Waals surface area contributed by atoms with Crippen molar-refractivity contribution in [2.45, 2.75) is 11.7 Å². The number of hydrogen-bond acceptors (Lipinski definition) is 8. The summed E-state index contributed by atoms with van der Waals surface area (Å²) < 4.78 is 5.03. The minimum absolute atomic E-state index is 0.0112. The van der Waals surface area contributed by atoms with Crippen LogP contribution in [0.15, 0.2) is 52.7 Å². The van der Waals surface area contributed by atoms with E-state index in [1.165, 1.54) is 48.6 Å². The number of hydrogen-bond donors (Lipinski definition) is 3. The largest absolute Gasteiger partial charge is 0.508 e. The lowest BCUT2D eigenvalue weighted by Crippen LogP contribution is -2.32. The van der Waals surface area contributed by atoms with Crippen molar-refractivity contribution in [3.05, 3.63) is 48.0 Å². The fourth-order valence-corrected chi connectivity index (χ4v) is 3.66. The average Bonchev–Trinajstić information content (AvgIpc) is 2.98. The van der Waals surface area contributed by atoms with Gasteiger partial charge in [0.15, 0.2) is 16.7 Å². The first kappa shape index (κ1) is 20.2. The topological polar surface area (TPSA) is 132 Å². The third-order valence-corrected chi connectivity index (χ3v) is 5.08. The molecule has 3 rings (SSSR count). The second kappa shape index (κ2) is 8.65. The van der Waals surface area contributed by atoms with E-state index in [1.54, 1.807) is 12.1 Å². The Labute approximate surface area is 170 Å². The van der Waals surface area contributed by atoms with Gasteiger partial charge in [-0.25, -0.2) is 0 Å². The standard InChI is InChI=1S/C19H17N3O6S/c1-28-15-8-11(2-7-14(15)24)10-20-21-19-22(12-3-5-13(23)6-4-12)18(27)16(29-19)9-17(25)26/h2-8,10,16,23-24H,9H2,1H3,(H,25,26)/b20-10+,21-19-/t16-/m0/s1. The lowest BCUT2D eigenvalue weighted by molar-refractivity contribution is -0.138. The number of benzene rings is 2. The Morgan fingerprint density at radius 1 is 1.24 bits per heavy atom. The molecule has 0 radical (unpaired) electrons. The lowest BCUT2D eigenvalue weighted by atomic mass is 10.2. The molecule has 1 atom stereocenters. The third kappa shape index (κ3) is 4.66. The second-order valence-corrected chi connectivity index (χ2v) is 7.12. The monoisotopic (exact) mass is 415 g/mol. The summed E-state index contributed by atoms with van der Waals surface area (Å²) in [5.41, 5.74) is 1.05. The molecular weight excluding hydrogens is 398 g/mol. The van der Waals surface area contributed by atoms with E-state index in [2.05, 4.69) is 10.2 Å². The van der Waals surface area contributed by atoms with Gasteiger partial charge in [-0.05, 0) is 48.0 Å². The molecule has 150 valence electrons. The van der Waals surface area contributed by atoms with Gasteiger partial charge in [0, 0.05) is 0 Å². The lowest BCUT2D eigenvalue weighted by Gasteiger charge is -2.15. The molecule has 1 aliphatic rings. The Morgan fingerprint density at radius 2 is 1.97 bits per heavy atom. The maximum absolute atomic E-state index is 12.7. The highest BCUT2D eigenvalue weighted by molar-refractivity contribution is 8.16. The number of thioether (sulfide) groups is 1. The van der Waals surface area contributed by atoms with Crippen molar-refractivity contribution >= 4 is 40.7 Å². The highest BCUT2D eigenvalue weighted by Crippen LogP contribution is 2.34. The Kier molecular flexibility index (Phi) is 6.03. The van der Waals surface area contributed by atoms with Crippen molar-refractivity contribution in [3.8, 4) is 17.2 Å². The van der Waals surface area contributed by atoms with Crippen LogP contribution in [-0.4, -0.2) is 50.9 Å². The molecule has 1 heterocycles. The van der Waals surface area contributed by atoms with Crippen LogP contribution in [0.5, 0.6) is 17.2 Å². The Morgan fingerprint density at radius 3 is 2.62 bits per heavy atom. The maximum atomic E-state index is 12.7. The van der Waals surface area contributed by atoms with Crippen molar-refractivity contribution in [1.29, 1.82) is 0 Å². The number of anilines is 1. The molecule has 0 aromatic heterocycles. The number of carboxylic acids is 1. The molecule has 0 saturated carbocycles. The first-order valence-electron chi connectivity index (χ1n) is 8.38. The van der Waals surface area contributed by atoms with E-state index < -0.39 is 17.1 Å². The van der Waals surface area contributed by atoms with Crippen LogP contribution < -0.4 is 9.64 Å². The number of carbonyl (C=O) groups excluding carboxylic acids is 1. The van der Waals surface area contributed by atoms with Gasteiger partial charge in [-0.15, -0.1) is 5.10 Å². The van der Waals surface area contributed by atoms with Crippen LogP contribution in [0.4, 0.5) is 5.69 Å². The molecular formula is C19H17N3O6S. The van der Waals surface area contributed by atoms with Crippen LogP contribution in [0, 0.1) is 0 Å². The van der Waals surface area contributed by atoms with Crippen molar-refractivity contribution in [1.82, 2.24) is 0 Å². The summed E-state index contributed by atoms with van der Waals surface area (Å²) in [7, 11) is 1.43. The number of carbonyl (C=O) groups is 2. The Bertz CT molecular complexity index is 990. The molecule has 1 amide bonds. The first-order valence-corrected chi connectivity index (χ1v) is 9.26. The zero-order valence-corrected chi connectivity index (χ0v) is 16.0. The molecule has 0 spiro atoms. The van der Waals surface area contributed by atoms with E-state index in [1.807, 2.05) is 0 Å². The number of aliphatic carboxylic acids is 1. The van der Waals surface area contributed by atoms with Gasteiger partial charge in [0.25, 0.3) is 0 Å². The second-order valence-electron chi connectivity index (χ2n) is 5.95. The van der Waals surface area contributed by atoms with Crippen LogP contribution >= 0.6 is 11.8 Å². The van der Waals surface area contributed by atoms with Crippen molar-refractivity contribution in [2.24, 2.45) is 10.2 Å². The van der Waals surface area contributed by atoms with Gasteiger partial charge in [-0.2, -0.15) is 5.10 Å². The summed E-state index contributed by atoms with van der Waals surface area (Å²) in [5.74, 6) is -1.22. The third-order valence-electron chi connectivity index (χ3n) is 3.96. The molecule has 3 N–H and O–H groups in total. The molecule has 0 aliphatic carbocycles. The number of amides is 1. The predicted molar refractivity (Wildman–Crippen MR) is 109 cm³/mol. The fourth-order valence-electron chi connectivity index (χ4n) is 2.58. The summed E-state index contributed by atoms with van der Waals surface area (Å²) in [6.07, 6.45) is 1.06. The fraction of sp³-hybridized carbons (Fsp3) is 0.158. The van der Waals surface area contributed by atoms with E-state index in [4.69, 9.17) is 9.84 Å². The molecule has 1 fully saturated rings. The number of aromatic hydroxyl groups is 2. The van der Waals surface area contributed by atoms with Gasteiger partial charge in [-0.3, -0.25) is 14.5 Å². The Balaban J connectivity index is 1.89. The number of phenolic OH excluding ortho intramolecular Hbond substituents is 2. The van der Waals surface area contributed by atoms with E-state index in [9.17, 15) is 19.8 Å². The Hall–Kier alpha value is -3.53. The molecule has 1 aliphatic heterocycles. The highest BCUT2D eigenvalue weighted by Gasteiger charge is 2.40. The number of rotatable bonds is 6. The minimum atomic E-state index is -1.09. The van der Waals surface area contributed by atoms with Crippen LogP contribution in [0.1, 0.15) is 12.0 Å². The van der Waals surface area contributed by atoms with E-state index in [0.717, 1.165) is 11.8 Å². The number of amidine groups is 1. The van der Waals surface area contributed by atoms with Crippen molar-refractivity contribution < 1.29 is 29.6 Å². The van der Waals surface area contributed by atoms with Crippen molar-refractivity contribution in [2.75, 3.05) is 12.0 Å². The summed E-state index contributed by atoms with van der Waals surface area (Å²) in [6, 6.07) is 10.5. The number of phenols is 2. The van der Waals surface area contributed by atoms with E-state index >= 15 is 0 Å². The zero-order chi connectivity index (χ0) is 21.0. The molecule has 2 aromatic carbocycles. The van der Waals surface area contributed by atoms with Gasteiger partial charge >= 0.3 is 5.97 Å². The molecule has 1 saturated heterocycles. The predicted octanol–water partition coefficient (Wildman–Crippen LogP) is 2.42. The van der Waals surface area contributed by atoms with Crippen LogP contribution in [0.25, 0.3) is 0 Å². The van der Waals surface area contributed by atoms with Crippen LogP contribution in [0.3, 0.4) is 0 Å². The SMILES string of the molecule is COc1cc(/C=N/N=C2\S[C@@H](CC(=O)O)C(=O)N2c2ccc(O)cc2)ccc1O. The molecule has 2 aromatic rings. The molecule has 0 bridgehead atoms. The zero-order valence-electron chi connectivity index (χ0n) is 15.2. The molecule has 0 unspecified atom stereocenters. The normalized spacial score (nSPS) is 18.0. The van der Waals surface area contributed by atoms with E-state index in [0.29, 0.717) is 11.3 Å². The number of ether oxygens (including phenoxy) is 1. The average molecular weight is 415 g/mol. The number of methoxy groups -OCH3 is 1. The van der Waals surface area contributed by atoms with Gasteiger partial charge in [0.2, 0.25) is 5.91 Å². The quantitative estimate of drug-likeness (QED) is 0.487. The maximum Gasteiger partial charge on any atom is 0.305 e. The minimum Gasteiger partial charge on any atom is -0.508 e. The van der Waals surface area contributed by atoms with Gasteiger partial charge in [0.05, 0.1) is 25.4 Å². The number of carboxylic acid groups (broad SMARTS) is 1. The highest BCUT2D eigenvalue weighted by atomic mass is 32.2. The van der Waals surface area contributed by atoms with Crippen LogP contribution in [-0.2, 0) is 9.59 Å². The smallest absolute Gasteiger partial charge is 0.305 e. The molecule has 10 heteroatoms. The summed E-state index contributed by atoms with van der Waals surface area (Å²) >= 11 is 1.00. The van der Waals surface area contributed by atoms with E-state index in [-0.39, 0.29) is 28.8 Å². The summed E-state index contributed by atoms with van der Waals surface area (Å²) in [6.45, 7) is 0. The van der Waals surface area contributed by atoms with Crippen molar-refractivity contribution in [3.63, 3.8) is 0 Å². The summed E-state index contributed by atoms with van der Waals surface area (Å²) in [4.78, 5) is 25.0. The molecule has 9 nitrogen and oxygen atoms in total. The molecule has 29 heavy (non-hydrogen) atoms. The summed E-state index contributed by atoms with van der Waals surface area (Å²) in [5, 5.41) is 35.6. The van der Waals surface area contributed by atoms with Gasteiger partial charge in [-0.1, -0.05) is 11.8 Å². The van der Waals surface area contributed by atoms with Gasteiger partial charge in [0.1, 0.15) is 11.0 Å². The van der Waals surface area contributed by atoms with Crippen LogP contribution in [0.2, 0.25) is 0 Å². The number of nitrogens with zero attached hydrogens (tertiary/aromatic N) is 3. The van der Waals surface area contributed by atoms with Gasteiger partial charge < -0.3 is 20.1 Å². The first-order chi connectivity index (χ1) is 13.9.